The molecule has 0 bridgehead atoms. The number of carbonyl (C=O) groups is 1. The van der Waals surface area contributed by atoms with E-state index in [1.54, 1.807) is 13.1 Å². The summed E-state index contributed by atoms with van der Waals surface area (Å²) in [5.74, 6) is -0.802. The van der Waals surface area contributed by atoms with Gasteiger partial charge in [-0.25, -0.2) is 4.39 Å². The molecule has 1 amide bonds. The highest BCUT2D eigenvalue weighted by Crippen LogP contribution is 2.18. The molecule has 2 N–H and O–H groups in total. The fourth-order valence-corrected chi connectivity index (χ4v) is 1.43. The molecule has 1 aromatic rings. The fraction of sp³-hybridized carbons (Fsp3) is 0.385. The lowest BCUT2D eigenvalue weighted by Gasteiger charge is -2.21. The summed E-state index contributed by atoms with van der Waals surface area (Å²) >= 11 is 4.74. The predicted octanol–water partition coefficient (Wildman–Crippen LogP) is 1.71. The molecule has 0 aliphatic carbocycles. The van der Waals surface area contributed by atoms with E-state index in [9.17, 15) is 9.18 Å². The number of ether oxygens (including phenoxy) is 1. The molecule has 0 unspecified atom stereocenters. The fourth-order valence-electron chi connectivity index (χ4n) is 1.30. The van der Waals surface area contributed by atoms with Gasteiger partial charge in [-0.1, -0.05) is 12.2 Å². The third-order valence-corrected chi connectivity index (χ3v) is 2.97. The van der Waals surface area contributed by atoms with Crippen molar-refractivity contribution in [2.24, 2.45) is 5.73 Å². The van der Waals surface area contributed by atoms with Crippen molar-refractivity contribution in [1.29, 1.82) is 0 Å². The Morgan fingerprint density at radius 1 is 1.53 bits per heavy atom. The molecule has 0 aromatic heterocycles. The third-order valence-electron chi connectivity index (χ3n) is 2.74. The minimum absolute atomic E-state index is 0.00510. The summed E-state index contributed by atoms with van der Waals surface area (Å²) in [6.45, 7) is 3.56. The number of nitrogens with zero attached hydrogens (tertiary/aromatic N) is 1. The second-order valence-corrected chi connectivity index (χ2v) is 4.84. The predicted molar refractivity (Wildman–Crippen MR) is 75.7 cm³/mol. The lowest BCUT2D eigenvalue weighted by Crippen LogP contribution is -2.36. The summed E-state index contributed by atoms with van der Waals surface area (Å²) in [5, 5.41) is 0. The molecule has 0 aliphatic heterocycles. The second-order valence-electron chi connectivity index (χ2n) is 4.40. The number of halogens is 1. The zero-order valence-corrected chi connectivity index (χ0v) is 12.0. The lowest BCUT2D eigenvalue weighted by atomic mass is 10.2. The maximum atomic E-state index is 13.7. The van der Waals surface area contributed by atoms with Crippen LogP contribution in [0.1, 0.15) is 19.4 Å². The minimum Gasteiger partial charge on any atom is -0.481 e. The van der Waals surface area contributed by atoms with Crippen LogP contribution in [0.2, 0.25) is 0 Å². The van der Waals surface area contributed by atoms with Crippen LogP contribution in [0.15, 0.2) is 18.2 Å². The Labute approximate surface area is 117 Å². The summed E-state index contributed by atoms with van der Waals surface area (Å²) in [4.78, 5) is 13.3. The molecule has 0 fully saturated rings. The Hall–Kier alpha value is -1.69. The number of hydrogen-bond donors (Lipinski definition) is 1. The monoisotopic (exact) mass is 284 g/mol. The van der Waals surface area contributed by atoms with Crippen molar-refractivity contribution in [1.82, 2.24) is 4.90 Å². The molecule has 0 atom stereocenters. The number of rotatable bonds is 5. The quantitative estimate of drug-likeness (QED) is 0.836. The van der Waals surface area contributed by atoms with E-state index in [1.165, 1.54) is 17.0 Å². The van der Waals surface area contributed by atoms with Crippen LogP contribution >= 0.6 is 12.2 Å². The van der Waals surface area contributed by atoms with Crippen molar-refractivity contribution in [3.05, 3.63) is 29.6 Å². The SMILES string of the molecule is CC(C)N(C)C(=O)COc1ccc(C(N)=S)cc1F. The van der Waals surface area contributed by atoms with E-state index in [0.717, 1.165) is 0 Å². The van der Waals surface area contributed by atoms with Crippen LogP contribution in [0.3, 0.4) is 0 Å². The first-order chi connectivity index (χ1) is 8.82. The van der Waals surface area contributed by atoms with E-state index in [2.05, 4.69) is 0 Å². The van der Waals surface area contributed by atoms with Gasteiger partial charge in [0.25, 0.3) is 5.91 Å². The molecule has 6 heteroatoms. The van der Waals surface area contributed by atoms with Gasteiger partial charge in [-0.15, -0.1) is 0 Å². The van der Waals surface area contributed by atoms with Crippen molar-refractivity contribution < 1.29 is 13.9 Å². The average molecular weight is 284 g/mol. The van der Waals surface area contributed by atoms with E-state index in [4.69, 9.17) is 22.7 Å². The first kappa shape index (κ1) is 15.4. The van der Waals surface area contributed by atoms with Crippen molar-refractivity contribution in [3.63, 3.8) is 0 Å². The Bertz CT molecular complexity index is 492. The van der Waals surface area contributed by atoms with Gasteiger partial charge in [0.1, 0.15) is 4.99 Å². The molecule has 4 nitrogen and oxygen atoms in total. The van der Waals surface area contributed by atoms with E-state index < -0.39 is 5.82 Å². The van der Waals surface area contributed by atoms with Gasteiger partial charge in [0.05, 0.1) is 0 Å². The maximum Gasteiger partial charge on any atom is 0.260 e. The number of likely N-dealkylation sites (N-methyl/N-ethyl adjacent to an activating group) is 1. The van der Waals surface area contributed by atoms with E-state index >= 15 is 0 Å². The number of thiocarbonyl (C=S) groups is 1. The highest BCUT2D eigenvalue weighted by molar-refractivity contribution is 7.80. The molecule has 19 heavy (non-hydrogen) atoms. The van der Waals surface area contributed by atoms with Crippen molar-refractivity contribution in [2.45, 2.75) is 19.9 Å². The summed E-state index contributed by atoms with van der Waals surface area (Å²) in [5.41, 5.74) is 5.81. The third kappa shape index (κ3) is 4.17. The van der Waals surface area contributed by atoms with Crippen LogP contribution in [0.5, 0.6) is 5.75 Å². The molecule has 0 spiro atoms. The first-order valence-corrected chi connectivity index (χ1v) is 6.21. The molecule has 104 valence electrons. The molecule has 0 saturated carbocycles. The molecular weight excluding hydrogens is 267 g/mol. The zero-order chi connectivity index (χ0) is 14.6. The molecule has 0 saturated heterocycles. The van der Waals surface area contributed by atoms with E-state index in [-0.39, 0.29) is 29.3 Å². The van der Waals surface area contributed by atoms with Gasteiger partial charge >= 0.3 is 0 Å². The molecule has 1 rings (SSSR count). The summed E-state index contributed by atoms with van der Waals surface area (Å²) in [7, 11) is 1.67. The Balaban J connectivity index is 2.69. The zero-order valence-electron chi connectivity index (χ0n) is 11.1. The van der Waals surface area contributed by atoms with E-state index in [1.807, 2.05) is 13.8 Å². The van der Waals surface area contributed by atoms with Gasteiger partial charge in [0.15, 0.2) is 18.2 Å². The normalized spacial score (nSPS) is 10.4. The molecule has 0 heterocycles. The Morgan fingerprint density at radius 3 is 2.63 bits per heavy atom. The highest BCUT2D eigenvalue weighted by atomic mass is 32.1. The summed E-state index contributed by atoms with van der Waals surface area (Å²) in [6, 6.07) is 4.22. The Morgan fingerprint density at radius 2 is 2.16 bits per heavy atom. The Kier molecular flexibility index (Phi) is 5.23. The van der Waals surface area contributed by atoms with Crippen LogP contribution < -0.4 is 10.5 Å². The smallest absolute Gasteiger partial charge is 0.260 e. The number of nitrogens with two attached hydrogens (primary N) is 1. The van der Waals surface area contributed by atoms with Crippen LogP contribution in [-0.2, 0) is 4.79 Å². The molecule has 0 radical (unpaired) electrons. The number of hydrogen-bond acceptors (Lipinski definition) is 3. The first-order valence-electron chi connectivity index (χ1n) is 5.80. The number of carbonyl (C=O) groups excluding carboxylic acids is 1. The van der Waals surface area contributed by atoms with E-state index in [0.29, 0.717) is 5.56 Å². The van der Waals surface area contributed by atoms with Crippen LogP contribution in [0.4, 0.5) is 4.39 Å². The largest absolute Gasteiger partial charge is 0.481 e. The maximum absolute atomic E-state index is 13.7. The van der Waals surface area contributed by atoms with Gasteiger partial charge in [-0.3, -0.25) is 4.79 Å². The minimum atomic E-state index is -0.592. The highest BCUT2D eigenvalue weighted by Gasteiger charge is 2.14. The number of benzene rings is 1. The molecule has 0 aliphatic rings. The lowest BCUT2D eigenvalue weighted by molar-refractivity contribution is -0.133. The summed E-state index contributed by atoms with van der Waals surface area (Å²) < 4.78 is 18.8. The van der Waals surface area contributed by atoms with Crippen molar-refractivity contribution >= 4 is 23.1 Å². The van der Waals surface area contributed by atoms with Crippen LogP contribution in [-0.4, -0.2) is 35.5 Å². The van der Waals surface area contributed by atoms with Crippen molar-refractivity contribution in [2.75, 3.05) is 13.7 Å². The average Bonchev–Trinajstić information content (AvgIpc) is 2.35. The van der Waals surface area contributed by atoms with Gasteiger partial charge in [-0.2, -0.15) is 0 Å². The van der Waals surface area contributed by atoms with Gasteiger partial charge in [0.2, 0.25) is 0 Å². The topological polar surface area (TPSA) is 55.6 Å². The van der Waals surface area contributed by atoms with Gasteiger partial charge in [-0.05, 0) is 32.0 Å². The van der Waals surface area contributed by atoms with Gasteiger partial charge < -0.3 is 15.4 Å². The summed E-state index contributed by atoms with van der Waals surface area (Å²) in [6.07, 6.45) is 0. The molecule has 1 aromatic carbocycles. The van der Waals surface area contributed by atoms with Crippen molar-refractivity contribution in [3.8, 4) is 5.75 Å². The van der Waals surface area contributed by atoms with Gasteiger partial charge in [0, 0.05) is 18.7 Å². The molecular formula is C13H17FN2O2S. The standard InChI is InChI=1S/C13H17FN2O2S/c1-8(2)16(3)12(17)7-18-11-5-4-9(13(15)19)6-10(11)14/h4-6,8H,7H2,1-3H3,(H2,15,19). The van der Waals surface area contributed by atoms with Crippen LogP contribution in [0.25, 0.3) is 0 Å². The van der Waals surface area contributed by atoms with Crippen LogP contribution in [0, 0.1) is 5.82 Å². The number of amides is 1. The second kappa shape index (κ2) is 6.47.